The molecule has 7 nitrogen and oxygen atoms in total. The molecule has 1 fully saturated rings. The second-order valence-electron chi connectivity index (χ2n) is 5.86. The third-order valence-corrected chi connectivity index (χ3v) is 6.07. The largest absolute Gasteiger partial charge is 0.507 e. The summed E-state index contributed by atoms with van der Waals surface area (Å²) in [6, 6.07) is 11.7. The summed E-state index contributed by atoms with van der Waals surface area (Å²) in [7, 11) is -3.75. The van der Waals surface area contributed by atoms with E-state index in [4.69, 9.17) is 5.26 Å². The maximum absolute atomic E-state index is 12.8. The van der Waals surface area contributed by atoms with Crippen molar-refractivity contribution < 1.29 is 13.5 Å². The first-order chi connectivity index (χ1) is 11.9. The van der Waals surface area contributed by atoms with E-state index in [2.05, 4.69) is 4.98 Å². The van der Waals surface area contributed by atoms with Gasteiger partial charge in [-0.1, -0.05) is 12.1 Å². The molecule has 0 radical (unpaired) electrons. The van der Waals surface area contributed by atoms with Gasteiger partial charge in [-0.15, -0.1) is 0 Å². The number of anilines is 1. The van der Waals surface area contributed by atoms with Crippen LogP contribution in [0, 0.1) is 18.3 Å². The van der Waals surface area contributed by atoms with Crippen LogP contribution in [0.15, 0.2) is 41.3 Å². The lowest BCUT2D eigenvalue weighted by Crippen LogP contribution is -2.49. The molecule has 1 aromatic carbocycles. The van der Waals surface area contributed by atoms with Gasteiger partial charge >= 0.3 is 0 Å². The van der Waals surface area contributed by atoms with E-state index in [1.54, 1.807) is 31.2 Å². The highest BCUT2D eigenvalue weighted by atomic mass is 32.2. The van der Waals surface area contributed by atoms with Gasteiger partial charge in [0.25, 0.3) is 0 Å². The molecule has 0 unspecified atom stereocenters. The van der Waals surface area contributed by atoms with Gasteiger partial charge in [-0.2, -0.15) is 9.57 Å². The fourth-order valence-electron chi connectivity index (χ4n) is 2.79. The second kappa shape index (κ2) is 6.70. The fraction of sp³-hybridized carbons (Fsp3) is 0.294. The number of aromatic nitrogens is 1. The van der Waals surface area contributed by atoms with Crippen molar-refractivity contribution in [2.24, 2.45) is 0 Å². The van der Waals surface area contributed by atoms with Crippen molar-refractivity contribution in [3.63, 3.8) is 0 Å². The summed E-state index contributed by atoms with van der Waals surface area (Å²) in [4.78, 5) is 6.13. The van der Waals surface area contributed by atoms with Crippen LogP contribution >= 0.6 is 0 Å². The Hall–Kier alpha value is -2.63. The van der Waals surface area contributed by atoms with Crippen molar-refractivity contribution in [3.8, 4) is 11.8 Å². The first-order valence-electron chi connectivity index (χ1n) is 7.84. The molecule has 25 heavy (non-hydrogen) atoms. The highest BCUT2D eigenvalue weighted by Gasteiger charge is 2.30. The van der Waals surface area contributed by atoms with Crippen molar-refractivity contribution in [2.45, 2.75) is 11.8 Å². The number of pyridine rings is 1. The maximum atomic E-state index is 12.8. The van der Waals surface area contributed by atoms with Crippen LogP contribution in [0.5, 0.6) is 5.75 Å². The molecule has 0 atom stereocenters. The first-order valence-corrected chi connectivity index (χ1v) is 9.28. The summed E-state index contributed by atoms with van der Waals surface area (Å²) in [6.45, 7) is 3.29. The number of hydrogen-bond donors (Lipinski definition) is 1. The van der Waals surface area contributed by atoms with Gasteiger partial charge in [-0.25, -0.2) is 13.4 Å². The third kappa shape index (κ3) is 3.43. The standard InChI is InChI=1S/C17H18N4O3S/c1-13-5-6-15(22)16(11-13)25(23,24)21-9-7-20(8-10-21)17-4-2-3-14(12-18)19-17/h2-6,11,22H,7-10H2,1H3. The number of hydrogen-bond acceptors (Lipinski definition) is 6. The predicted octanol–water partition coefficient (Wildman–Crippen LogP) is 1.48. The lowest BCUT2D eigenvalue weighted by atomic mass is 10.2. The number of rotatable bonds is 3. The molecule has 1 N–H and O–H groups in total. The molecule has 130 valence electrons. The smallest absolute Gasteiger partial charge is 0.246 e. The number of piperazine rings is 1. The average molecular weight is 358 g/mol. The van der Waals surface area contributed by atoms with Crippen LogP contribution in [0.3, 0.4) is 0 Å². The molecule has 1 aliphatic heterocycles. The number of aromatic hydroxyl groups is 1. The summed E-state index contributed by atoms with van der Waals surface area (Å²) in [6.07, 6.45) is 0. The van der Waals surface area contributed by atoms with Crippen LogP contribution in [0.25, 0.3) is 0 Å². The van der Waals surface area contributed by atoms with Gasteiger partial charge in [-0.3, -0.25) is 0 Å². The summed E-state index contributed by atoms with van der Waals surface area (Å²) in [5, 5.41) is 18.9. The Labute approximate surface area is 146 Å². The van der Waals surface area contributed by atoms with Crippen LogP contribution in [0.2, 0.25) is 0 Å². The zero-order valence-corrected chi connectivity index (χ0v) is 14.6. The van der Waals surface area contributed by atoms with E-state index in [1.165, 1.54) is 16.4 Å². The van der Waals surface area contributed by atoms with Crippen molar-refractivity contribution >= 4 is 15.8 Å². The zero-order valence-electron chi connectivity index (χ0n) is 13.8. The number of phenolic OH excluding ortho intramolecular Hbond substituents is 1. The van der Waals surface area contributed by atoms with Gasteiger partial charge in [0.15, 0.2) is 0 Å². The maximum Gasteiger partial charge on any atom is 0.246 e. The van der Waals surface area contributed by atoms with E-state index < -0.39 is 10.0 Å². The Morgan fingerprint density at radius 1 is 1.16 bits per heavy atom. The molecule has 1 aromatic heterocycles. The van der Waals surface area contributed by atoms with Crippen LogP contribution in [-0.2, 0) is 10.0 Å². The minimum absolute atomic E-state index is 0.0643. The number of phenols is 1. The zero-order chi connectivity index (χ0) is 18.0. The van der Waals surface area contributed by atoms with E-state index in [9.17, 15) is 13.5 Å². The van der Waals surface area contributed by atoms with Gasteiger partial charge in [0.2, 0.25) is 10.0 Å². The van der Waals surface area contributed by atoms with E-state index >= 15 is 0 Å². The fourth-order valence-corrected chi connectivity index (χ4v) is 4.38. The molecule has 0 bridgehead atoms. The van der Waals surface area contributed by atoms with Crippen LogP contribution < -0.4 is 4.90 Å². The molecule has 0 aliphatic carbocycles. The Morgan fingerprint density at radius 2 is 1.88 bits per heavy atom. The summed E-state index contributed by atoms with van der Waals surface area (Å²) < 4.78 is 27.0. The number of benzene rings is 1. The van der Waals surface area contributed by atoms with Crippen LogP contribution in [0.1, 0.15) is 11.3 Å². The Bertz CT molecular complexity index is 929. The van der Waals surface area contributed by atoms with Crippen molar-refractivity contribution in [3.05, 3.63) is 47.7 Å². The Kier molecular flexibility index (Phi) is 4.61. The topological polar surface area (TPSA) is 97.5 Å². The number of nitrogens with zero attached hydrogens (tertiary/aromatic N) is 4. The van der Waals surface area contributed by atoms with E-state index in [1.807, 2.05) is 11.0 Å². The molecule has 0 saturated carbocycles. The second-order valence-corrected chi connectivity index (χ2v) is 7.76. The molecule has 0 spiro atoms. The minimum atomic E-state index is -3.75. The molecule has 1 saturated heterocycles. The van der Waals surface area contributed by atoms with Gasteiger partial charge < -0.3 is 10.0 Å². The molecule has 2 aromatic rings. The molecule has 0 amide bonds. The molecule has 8 heteroatoms. The highest BCUT2D eigenvalue weighted by Crippen LogP contribution is 2.28. The number of sulfonamides is 1. The van der Waals surface area contributed by atoms with Crippen molar-refractivity contribution in [1.82, 2.24) is 9.29 Å². The SMILES string of the molecule is Cc1ccc(O)c(S(=O)(=O)N2CCN(c3cccc(C#N)n3)CC2)c1. The van der Waals surface area contributed by atoms with Gasteiger partial charge in [0.05, 0.1) is 0 Å². The number of aryl methyl sites for hydroxylation is 1. The average Bonchev–Trinajstić information content (AvgIpc) is 2.63. The van der Waals surface area contributed by atoms with Crippen LogP contribution in [-0.4, -0.2) is 49.0 Å². The first kappa shape index (κ1) is 17.2. The quantitative estimate of drug-likeness (QED) is 0.892. The van der Waals surface area contributed by atoms with Crippen molar-refractivity contribution in [2.75, 3.05) is 31.1 Å². The summed E-state index contributed by atoms with van der Waals surface area (Å²) >= 11 is 0. The van der Waals surface area contributed by atoms with Gasteiger partial charge in [-0.05, 0) is 36.8 Å². The lowest BCUT2D eigenvalue weighted by molar-refractivity contribution is 0.379. The lowest BCUT2D eigenvalue weighted by Gasteiger charge is -2.34. The molecule has 1 aliphatic rings. The Morgan fingerprint density at radius 3 is 2.56 bits per heavy atom. The summed E-state index contributed by atoms with van der Waals surface area (Å²) in [5.74, 6) is 0.422. The molecule has 2 heterocycles. The van der Waals surface area contributed by atoms with Crippen molar-refractivity contribution in [1.29, 1.82) is 5.26 Å². The normalized spacial score (nSPS) is 15.8. The molecular weight excluding hydrogens is 340 g/mol. The monoisotopic (exact) mass is 358 g/mol. The van der Waals surface area contributed by atoms with Gasteiger partial charge in [0, 0.05) is 26.2 Å². The van der Waals surface area contributed by atoms with E-state index in [-0.39, 0.29) is 23.7 Å². The summed E-state index contributed by atoms with van der Waals surface area (Å²) in [5.41, 5.74) is 1.10. The molecule has 3 rings (SSSR count). The van der Waals surface area contributed by atoms with Gasteiger partial charge in [0.1, 0.15) is 28.2 Å². The highest BCUT2D eigenvalue weighted by molar-refractivity contribution is 7.89. The van der Waals surface area contributed by atoms with Crippen LogP contribution in [0.4, 0.5) is 5.82 Å². The Balaban J connectivity index is 1.77. The molecular formula is C17H18N4O3S. The van der Waals surface area contributed by atoms with E-state index in [0.29, 0.717) is 24.6 Å². The predicted molar refractivity (Wildman–Crippen MR) is 92.8 cm³/mol. The number of nitriles is 1. The van der Waals surface area contributed by atoms with E-state index in [0.717, 1.165) is 5.56 Å². The third-order valence-electron chi connectivity index (χ3n) is 4.14. The minimum Gasteiger partial charge on any atom is -0.507 e.